The summed E-state index contributed by atoms with van der Waals surface area (Å²) in [5.74, 6) is 0.448. The van der Waals surface area contributed by atoms with E-state index in [4.69, 9.17) is 21.1 Å². The van der Waals surface area contributed by atoms with Gasteiger partial charge in [0.15, 0.2) is 23.1 Å². The number of Topliss-reactive ketones (excluding diaryl/α,β-unsaturated/α-hetero) is 2. The summed E-state index contributed by atoms with van der Waals surface area (Å²) in [5.41, 5.74) is 4.94. The van der Waals surface area contributed by atoms with Crippen LogP contribution >= 0.6 is 11.6 Å². The van der Waals surface area contributed by atoms with E-state index in [0.29, 0.717) is 53.7 Å². The third-order valence-electron chi connectivity index (χ3n) is 7.60. The fraction of sp³-hybridized carbons (Fsp3) is 0.400. The minimum absolute atomic E-state index is 0.00197. The second-order valence-electron chi connectivity index (χ2n) is 9.93. The first kappa shape index (κ1) is 26.9. The zero-order valence-corrected chi connectivity index (χ0v) is 22.9. The molecule has 3 aliphatic rings. The number of halogens is 1. The highest BCUT2D eigenvalue weighted by Gasteiger charge is 2.43. The van der Waals surface area contributed by atoms with E-state index in [0.717, 1.165) is 48.2 Å². The monoisotopic (exact) mass is 550 g/mol. The van der Waals surface area contributed by atoms with Crippen LogP contribution in [0.3, 0.4) is 0 Å². The van der Waals surface area contributed by atoms with Gasteiger partial charge >= 0.3 is 0 Å². The molecule has 0 atom stereocenters. The molecule has 0 saturated heterocycles. The number of benzene rings is 2. The van der Waals surface area contributed by atoms with E-state index in [1.54, 1.807) is 18.2 Å². The highest BCUT2D eigenvalue weighted by molar-refractivity contribution is 6.32. The maximum Gasteiger partial charge on any atom is 0.269 e. The predicted molar refractivity (Wildman–Crippen MR) is 147 cm³/mol. The summed E-state index contributed by atoms with van der Waals surface area (Å²) in [6, 6.07) is 9.73. The molecule has 0 radical (unpaired) electrons. The topological polar surface area (TPSA) is 99.0 Å². The average Bonchev–Trinajstić information content (AvgIpc) is 2.92. The lowest BCUT2D eigenvalue weighted by Gasteiger charge is -2.43. The van der Waals surface area contributed by atoms with Crippen LogP contribution in [0.25, 0.3) is 0 Å². The second-order valence-corrected chi connectivity index (χ2v) is 10.3. The van der Waals surface area contributed by atoms with Gasteiger partial charge in [0.05, 0.1) is 16.6 Å². The zero-order chi connectivity index (χ0) is 27.7. The van der Waals surface area contributed by atoms with E-state index in [1.165, 1.54) is 12.1 Å². The Morgan fingerprint density at radius 3 is 2.10 bits per heavy atom. The molecule has 0 saturated carbocycles. The summed E-state index contributed by atoms with van der Waals surface area (Å²) >= 11 is 6.79. The molecule has 0 unspecified atom stereocenters. The van der Waals surface area contributed by atoms with Crippen LogP contribution in [0.2, 0.25) is 5.02 Å². The Balaban J connectivity index is 1.56. The maximum absolute atomic E-state index is 13.4. The van der Waals surface area contributed by atoms with Gasteiger partial charge in [0.25, 0.3) is 5.69 Å². The fourth-order valence-electron chi connectivity index (χ4n) is 5.96. The van der Waals surface area contributed by atoms with Crippen molar-refractivity contribution in [2.75, 3.05) is 13.2 Å². The molecule has 39 heavy (non-hydrogen) atoms. The van der Waals surface area contributed by atoms with Crippen LogP contribution in [0.4, 0.5) is 5.69 Å². The average molecular weight is 551 g/mol. The highest BCUT2D eigenvalue weighted by atomic mass is 35.5. The van der Waals surface area contributed by atoms with E-state index in [-0.39, 0.29) is 23.9 Å². The third-order valence-corrected chi connectivity index (χ3v) is 7.88. The molecule has 204 valence electrons. The lowest BCUT2D eigenvalue weighted by atomic mass is 9.71. The Kier molecular flexibility index (Phi) is 7.75. The lowest BCUT2D eigenvalue weighted by molar-refractivity contribution is -0.384. The predicted octanol–water partition coefficient (Wildman–Crippen LogP) is 6.66. The molecular formula is C30H31ClN2O6. The third kappa shape index (κ3) is 5.05. The van der Waals surface area contributed by atoms with E-state index in [2.05, 4.69) is 11.8 Å². The van der Waals surface area contributed by atoms with Crippen LogP contribution in [-0.4, -0.2) is 34.5 Å². The van der Waals surface area contributed by atoms with E-state index in [9.17, 15) is 19.7 Å². The van der Waals surface area contributed by atoms with E-state index < -0.39 is 10.8 Å². The molecule has 0 aromatic heterocycles. The first-order valence-corrected chi connectivity index (χ1v) is 13.8. The number of ether oxygens (including phenoxy) is 2. The van der Waals surface area contributed by atoms with Crippen LogP contribution in [-0.2, 0) is 16.2 Å². The number of nitrogens with zero attached hydrogens (tertiary/aromatic N) is 2. The quantitative estimate of drug-likeness (QED) is 0.267. The van der Waals surface area contributed by atoms with Crippen molar-refractivity contribution in [1.29, 1.82) is 0 Å². The van der Waals surface area contributed by atoms with Gasteiger partial charge in [0.1, 0.15) is 6.61 Å². The standard InChI is InChI=1S/C30H31ClN2O6/c1-3-32-22-7-5-9-24(34)28(22)27(29-23(32)8-6-10-25(29)35)19-15-21(31)30(26(16-19)38-4-2)39-17-18-11-13-20(14-12-18)33(36)37/h11-16,27H,3-10,17H2,1-2H3. The van der Waals surface area contributed by atoms with Crippen molar-refractivity contribution in [2.24, 2.45) is 0 Å². The zero-order valence-electron chi connectivity index (χ0n) is 22.1. The Hall–Kier alpha value is -3.65. The SMILES string of the molecule is CCOc1cc(C2C3=C(CCCC3=O)N(CC)C3=C2C(=O)CCC3)cc(Cl)c1OCc1ccc([N+](=O)[O-])cc1. The van der Waals surface area contributed by atoms with Crippen molar-refractivity contribution in [2.45, 2.75) is 64.9 Å². The van der Waals surface area contributed by atoms with Gasteiger partial charge < -0.3 is 14.4 Å². The summed E-state index contributed by atoms with van der Waals surface area (Å²) < 4.78 is 12.0. The molecule has 0 amide bonds. The Bertz CT molecular complexity index is 1350. The van der Waals surface area contributed by atoms with Crippen LogP contribution in [0.15, 0.2) is 58.9 Å². The molecule has 2 aromatic rings. The number of hydrogen-bond acceptors (Lipinski definition) is 7. The van der Waals surface area contributed by atoms with Crippen LogP contribution < -0.4 is 9.47 Å². The summed E-state index contributed by atoms with van der Waals surface area (Å²) in [6.45, 7) is 5.13. The van der Waals surface area contributed by atoms with E-state index in [1.807, 2.05) is 13.0 Å². The first-order valence-electron chi connectivity index (χ1n) is 13.5. The molecule has 0 fully saturated rings. The van der Waals surface area contributed by atoms with Crippen LogP contribution in [0.5, 0.6) is 11.5 Å². The smallest absolute Gasteiger partial charge is 0.269 e. The summed E-state index contributed by atoms with van der Waals surface area (Å²) in [5, 5.41) is 11.3. The molecule has 0 spiro atoms. The second kappa shape index (κ2) is 11.2. The van der Waals surface area contributed by atoms with Crippen molar-refractivity contribution < 1.29 is 24.0 Å². The maximum atomic E-state index is 13.4. The molecule has 0 N–H and O–H groups in total. The van der Waals surface area contributed by atoms with Crippen LogP contribution in [0, 0.1) is 10.1 Å². The number of carbonyl (C=O) groups is 2. The summed E-state index contributed by atoms with van der Waals surface area (Å²) in [7, 11) is 0. The van der Waals surface area contributed by atoms with Gasteiger partial charge in [-0.05, 0) is 74.9 Å². The van der Waals surface area contributed by atoms with Gasteiger partial charge in [0.2, 0.25) is 0 Å². The number of hydrogen-bond donors (Lipinski definition) is 0. The van der Waals surface area contributed by atoms with Gasteiger partial charge in [-0.1, -0.05) is 11.6 Å². The number of rotatable bonds is 8. The molecule has 2 aliphatic carbocycles. The van der Waals surface area contributed by atoms with Gasteiger partial charge in [0, 0.05) is 60.0 Å². The Labute approximate surface area is 232 Å². The largest absolute Gasteiger partial charge is 0.490 e. The number of carbonyl (C=O) groups excluding carboxylic acids is 2. The van der Waals surface area contributed by atoms with E-state index >= 15 is 0 Å². The number of non-ortho nitro benzene ring substituents is 1. The number of nitro groups is 1. The Morgan fingerprint density at radius 1 is 0.949 bits per heavy atom. The number of allylic oxidation sites excluding steroid dienone is 4. The van der Waals surface area contributed by atoms with Crippen molar-refractivity contribution in [3.63, 3.8) is 0 Å². The summed E-state index contributed by atoms with van der Waals surface area (Å²) in [4.78, 5) is 39.5. The van der Waals surface area contributed by atoms with Crippen LogP contribution in [0.1, 0.15) is 69.4 Å². The highest BCUT2D eigenvalue weighted by Crippen LogP contribution is 2.51. The molecule has 2 aromatic carbocycles. The van der Waals surface area contributed by atoms with Crippen molar-refractivity contribution in [3.05, 3.63) is 85.2 Å². The normalized spacial score (nSPS) is 17.8. The molecular weight excluding hydrogens is 520 g/mol. The molecule has 8 nitrogen and oxygen atoms in total. The molecule has 0 bridgehead atoms. The van der Waals surface area contributed by atoms with Gasteiger partial charge in [-0.2, -0.15) is 0 Å². The molecule has 1 heterocycles. The van der Waals surface area contributed by atoms with Gasteiger partial charge in [-0.15, -0.1) is 0 Å². The lowest BCUT2D eigenvalue weighted by Crippen LogP contribution is -2.39. The fourth-order valence-corrected chi connectivity index (χ4v) is 6.23. The van der Waals surface area contributed by atoms with Crippen molar-refractivity contribution in [3.8, 4) is 11.5 Å². The van der Waals surface area contributed by atoms with Gasteiger partial charge in [-0.3, -0.25) is 19.7 Å². The first-order chi connectivity index (χ1) is 18.8. The van der Waals surface area contributed by atoms with Crippen molar-refractivity contribution >= 4 is 28.9 Å². The molecule has 1 aliphatic heterocycles. The Morgan fingerprint density at radius 2 is 1.56 bits per heavy atom. The minimum atomic E-state index is -0.487. The molecule has 9 heteroatoms. The molecule has 5 rings (SSSR count). The summed E-state index contributed by atoms with van der Waals surface area (Å²) in [6.07, 6.45) is 4.14. The van der Waals surface area contributed by atoms with Gasteiger partial charge in [-0.25, -0.2) is 0 Å². The van der Waals surface area contributed by atoms with Crippen molar-refractivity contribution in [1.82, 2.24) is 4.90 Å². The number of nitro benzene ring substituents is 1. The number of ketones is 2. The minimum Gasteiger partial charge on any atom is -0.490 e.